The zero-order chi connectivity index (χ0) is 26.2. The van der Waals surface area contributed by atoms with E-state index in [-0.39, 0.29) is 0 Å². The second-order valence-corrected chi connectivity index (χ2v) is 11.5. The second kappa shape index (κ2) is 8.29. The minimum Gasteiger partial charge on any atom is -0.464 e. The Bertz CT molecular complexity index is 2380. The summed E-state index contributed by atoms with van der Waals surface area (Å²) in [5.41, 5.74) is 5.83. The van der Waals surface area contributed by atoms with Crippen molar-refractivity contribution in [3.05, 3.63) is 134 Å². The predicted molar refractivity (Wildman–Crippen MR) is 172 cm³/mol. The molecule has 0 fully saturated rings. The highest BCUT2D eigenvalue weighted by Crippen LogP contribution is 2.49. The van der Waals surface area contributed by atoms with Crippen LogP contribution in [0.2, 0.25) is 0 Å². The highest BCUT2D eigenvalue weighted by molar-refractivity contribution is 7.26. The Morgan fingerprint density at radius 2 is 1.07 bits per heavy atom. The molecule has 2 heteroatoms. The van der Waals surface area contributed by atoms with Crippen molar-refractivity contribution in [3.63, 3.8) is 0 Å². The summed E-state index contributed by atoms with van der Waals surface area (Å²) in [5, 5.41) is 11.3. The summed E-state index contributed by atoms with van der Waals surface area (Å²) in [5.74, 6) is 0. The van der Waals surface area contributed by atoms with Gasteiger partial charge in [0.25, 0.3) is 0 Å². The summed E-state index contributed by atoms with van der Waals surface area (Å²) in [4.78, 5) is 0. The van der Waals surface area contributed by atoms with Crippen LogP contribution in [-0.2, 0) is 0 Å². The van der Waals surface area contributed by atoms with E-state index in [9.17, 15) is 0 Å². The number of hydrogen-bond acceptors (Lipinski definition) is 2. The molecule has 9 rings (SSSR count). The van der Waals surface area contributed by atoms with Gasteiger partial charge in [0.15, 0.2) is 0 Å². The van der Waals surface area contributed by atoms with E-state index < -0.39 is 0 Å². The fraction of sp³-hybridized carbons (Fsp3) is 0. The van der Waals surface area contributed by atoms with Crippen LogP contribution >= 0.6 is 11.3 Å². The fourth-order valence-corrected chi connectivity index (χ4v) is 7.72. The van der Waals surface area contributed by atoms with Gasteiger partial charge in [0.05, 0.1) is 6.26 Å². The minimum absolute atomic E-state index is 0.929. The summed E-state index contributed by atoms with van der Waals surface area (Å²) in [6.07, 6.45) is 1.97. The van der Waals surface area contributed by atoms with Crippen molar-refractivity contribution in [3.8, 4) is 22.3 Å². The molecule has 2 aromatic heterocycles. The molecule has 0 aliphatic carbocycles. The van der Waals surface area contributed by atoms with Crippen LogP contribution in [0, 0.1) is 0 Å². The van der Waals surface area contributed by atoms with Crippen LogP contribution in [0.1, 0.15) is 0 Å². The number of fused-ring (bicyclic) bond motifs is 8. The smallest absolute Gasteiger partial charge is 0.135 e. The number of rotatable bonds is 2. The zero-order valence-corrected chi connectivity index (χ0v) is 22.3. The van der Waals surface area contributed by atoms with Crippen molar-refractivity contribution in [1.82, 2.24) is 0 Å². The van der Waals surface area contributed by atoms with Crippen molar-refractivity contribution in [2.24, 2.45) is 0 Å². The topological polar surface area (TPSA) is 13.1 Å². The Morgan fingerprint density at radius 3 is 1.82 bits per heavy atom. The summed E-state index contributed by atoms with van der Waals surface area (Å²) in [6, 6.07) is 46.2. The first-order valence-corrected chi connectivity index (χ1v) is 14.4. The van der Waals surface area contributed by atoms with E-state index in [1.807, 2.05) is 17.6 Å². The quantitative estimate of drug-likeness (QED) is 0.204. The highest BCUT2D eigenvalue weighted by Gasteiger charge is 2.21. The molecule has 7 aromatic carbocycles. The first-order valence-electron chi connectivity index (χ1n) is 13.6. The summed E-state index contributed by atoms with van der Waals surface area (Å²) in [7, 11) is 0. The van der Waals surface area contributed by atoms with Crippen LogP contribution in [0.4, 0.5) is 0 Å². The van der Waals surface area contributed by atoms with Gasteiger partial charge in [-0.3, -0.25) is 0 Å². The molecule has 0 N–H and O–H groups in total. The SMILES string of the molecule is c1ccc2cc(-c3c4ccccc4c(-c4coc5ccc6sc7ccccc7c6c45)c4ccccc34)ccc2c1. The van der Waals surface area contributed by atoms with Crippen LogP contribution in [0.3, 0.4) is 0 Å². The molecule has 0 bridgehead atoms. The first kappa shape index (κ1) is 22.0. The number of furan rings is 1. The van der Waals surface area contributed by atoms with Gasteiger partial charge in [0.1, 0.15) is 5.58 Å². The molecule has 0 saturated carbocycles. The van der Waals surface area contributed by atoms with E-state index in [1.54, 1.807) is 0 Å². The molecule has 0 radical (unpaired) electrons. The lowest BCUT2D eigenvalue weighted by Gasteiger charge is -2.17. The Kier molecular flexibility index (Phi) is 4.55. The molecule has 1 nitrogen and oxygen atoms in total. The van der Waals surface area contributed by atoms with E-state index in [1.165, 1.54) is 74.6 Å². The Morgan fingerprint density at radius 1 is 0.450 bits per heavy atom. The molecule has 9 aromatic rings. The zero-order valence-electron chi connectivity index (χ0n) is 21.5. The Hall–Kier alpha value is -4.92. The van der Waals surface area contributed by atoms with Gasteiger partial charge in [0.2, 0.25) is 0 Å². The Labute approximate surface area is 234 Å². The average molecular weight is 527 g/mol. The third kappa shape index (κ3) is 3.03. The van der Waals surface area contributed by atoms with Gasteiger partial charge in [-0.05, 0) is 67.7 Å². The molecule has 40 heavy (non-hydrogen) atoms. The second-order valence-electron chi connectivity index (χ2n) is 10.5. The maximum absolute atomic E-state index is 6.30. The van der Waals surface area contributed by atoms with Crippen LogP contribution in [-0.4, -0.2) is 0 Å². The van der Waals surface area contributed by atoms with Crippen molar-refractivity contribution >= 4 is 74.8 Å². The first-order chi connectivity index (χ1) is 19.8. The highest BCUT2D eigenvalue weighted by atomic mass is 32.1. The van der Waals surface area contributed by atoms with Crippen LogP contribution < -0.4 is 0 Å². The number of thiophene rings is 1. The van der Waals surface area contributed by atoms with Gasteiger partial charge in [0, 0.05) is 36.7 Å². The lowest BCUT2D eigenvalue weighted by Crippen LogP contribution is -1.90. The van der Waals surface area contributed by atoms with Crippen molar-refractivity contribution in [2.45, 2.75) is 0 Å². The van der Waals surface area contributed by atoms with Gasteiger partial charge in [-0.15, -0.1) is 11.3 Å². The fourth-order valence-electron chi connectivity index (χ4n) is 6.60. The third-order valence-corrected chi connectivity index (χ3v) is 9.45. The molecule has 186 valence electrons. The normalized spacial score (nSPS) is 12.0. The van der Waals surface area contributed by atoms with Crippen molar-refractivity contribution in [2.75, 3.05) is 0 Å². The van der Waals surface area contributed by atoms with E-state index in [0.717, 1.165) is 11.1 Å². The summed E-state index contributed by atoms with van der Waals surface area (Å²) < 4.78 is 8.89. The molecule has 0 spiro atoms. The third-order valence-electron chi connectivity index (χ3n) is 8.32. The van der Waals surface area contributed by atoms with Crippen LogP contribution in [0.5, 0.6) is 0 Å². The standard InChI is InChI=1S/C38H22OS/c1-2-10-24-21-25(18-17-23(24)9-1)35-26-11-3-5-13-28(26)36(29-14-6-4-12-27(29)35)31-22-39-32-19-20-34-38(37(31)32)30-15-7-8-16-33(30)40-34/h1-22H. The van der Waals surface area contributed by atoms with Gasteiger partial charge in [-0.2, -0.15) is 0 Å². The molecule has 0 amide bonds. The van der Waals surface area contributed by atoms with E-state index >= 15 is 0 Å². The molecule has 0 unspecified atom stereocenters. The lowest BCUT2D eigenvalue weighted by molar-refractivity contribution is 0.617. The van der Waals surface area contributed by atoms with Gasteiger partial charge in [-0.1, -0.05) is 103 Å². The molecular formula is C38H22OS. The lowest BCUT2D eigenvalue weighted by atomic mass is 9.85. The summed E-state index contributed by atoms with van der Waals surface area (Å²) in [6.45, 7) is 0. The molecule has 0 saturated heterocycles. The minimum atomic E-state index is 0.929. The predicted octanol–water partition coefficient (Wildman–Crippen LogP) is 11.6. The largest absolute Gasteiger partial charge is 0.464 e. The molecule has 0 atom stereocenters. The molecule has 0 aliphatic rings. The maximum Gasteiger partial charge on any atom is 0.135 e. The van der Waals surface area contributed by atoms with Gasteiger partial charge in [-0.25, -0.2) is 0 Å². The van der Waals surface area contributed by atoms with Crippen LogP contribution in [0.25, 0.3) is 85.7 Å². The van der Waals surface area contributed by atoms with E-state index in [2.05, 4.69) is 127 Å². The van der Waals surface area contributed by atoms with E-state index in [4.69, 9.17) is 4.42 Å². The maximum atomic E-state index is 6.30. The monoisotopic (exact) mass is 526 g/mol. The van der Waals surface area contributed by atoms with Crippen LogP contribution in [0.15, 0.2) is 138 Å². The number of benzene rings is 7. The molecular weight excluding hydrogens is 504 g/mol. The summed E-state index contributed by atoms with van der Waals surface area (Å²) >= 11 is 1.85. The molecule has 2 heterocycles. The van der Waals surface area contributed by atoms with Gasteiger partial charge < -0.3 is 4.42 Å². The Balaban J connectivity index is 1.45. The van der Waals surface area contributed by atoms with E-state index in [0.29, 0.717) is 0 Å². The van der Waals surface area contributed by atoms with Crippen molar-refractivity contribution < 1.29 is 4.42 Å². The van der Waals surface area contributed by atoms with Gasteiger partial charge >= 0.3 is 0 Å². The molecule has 0 aliphatic heterocycles. The number of hydrogen-bond donors (Lipinski definition) is 0. The average Bonchev–Trinajstić information content (AvgIpc) is 3.61. The van der Waals surface area contributed by atoms with Crippen molar-refractivity contribution in [1.29, 1.82) is 0 Å².